The van der Waals surface area contributed by atoms with Gasteiger partial charge in [-0.2, -0.15) is 0 Å². The van der Waals surface area contributed by atoms with Crippen LogP contribution < -0.4 is 0 Å². The van der Waals surface area contributed by atoms with Gasteiger partial charge in [0.1, 0.15) is 12.6 Å². The average molecular weight is 505 g/mol. The van der Waals surface area contributed by atoms with E-state index in [1.165, 1.54) is 0 Å². The minimum absolute atomic E-state index is 0.00000562. The van der Waals surface area contributed by atoms with Gasteiger partial charge in [-0.25, -0.2) is 9.86 Å². The lowest BCUT2D eigenvalue weighted by Crippen LogP contribution is -2.56. The van der Waals surface area contributed by atoms with E-state index >= 15 is 0 Å². The van der Waals surface area contributed by atoms with Gasteiger partial charge in [0.15, 0.2) is 0 Å². The summed E-state index contributed by atoms with van der Waals surface area (Å²) in [6.45, 7) is 6.39. The highest BCUT2D eigenvalue weighted by Crippen LogP contribution is 2.31. The van der Waals surface area contributed by atoms with Crippen LogP contribution in [0.3, 0.4) is 0 Å². The summed E-state index contributed by atoms with van der Waals surface area (Å²) in [4.78, 5) is 44.5. The first-order valence-electron chi connectivity index (χ1n) is 11.0. The summed E-state index contributed by atoms with van der Waals surface area (Å²) in [5, 5.41) is 9.72. The van der Waals surface area contributed by atoms with Crippen molar-refractivity contribution in [3.05, 3.63) is 65.7 Å². The molecular formula is C25H29ClN2O5S. The first kappa shape index (κ1) is 26.1. The molecule has 1 heterocycles. The van der Waals surface area contributed by atoms with Crippen molar-refractivity contribution in [3.8, 4) is 0 Å². The van der Waals surface area contributed by atoms with E-state index in [1.54, 1.807) is 0 Å². The number of carboxylic acid groups (broad SMARTS) is 1. The molecule has 0 bridgehead atoms. The molecule has 0 radical (unpaired) electrons. The molecule has 2 aromatic carbocycles. The highest BCUT2D eigenvalue weighted by Gasteiger charge is 2.40. The number of hydrogen-bond acceptors (Lipinski definition) is 5. The largest absolute Gasteiger partial charge is 0.465 e. The highest BCUT2D eigenvalue weighted by molar-refractivity contribution is 8.13. The molecular weight excluding hydrogens is 476 g/mol. The number of amides is 2. The molecule has 0 unspecified atom stereocenters. The van der Waals surface area contributed by atoms with Crippen LogP contribution in [-0.4, -0.2) is 50.3 Å². The molecule has 2 aromatic rings. The van der Waals surface area contributed by atoms with Crippen molar-refractivity contribution in [1.29, 1.82) is 0 Å². The molecule has 0 saturated carbocycles. The highest BCUT2D eigenvalue weighted by atomic mass is 35.5. The first-order valence-corrected chi connectivity index (χ1v) is 12.2. The second kappa shape index (κ2) is 11.3. The summed E-state index contributed by atoms with van der Waals surface area (Å²) in [7, 11) is 0. The number of hydroxylamine groups is 2. The smallest absolute Gasteiger partial charge is 0.408 e. The molecule has 0 spiro atoms. The Morgan fingerprint density at radius 3 is 2.29 bits per heavy atom. The van der Waals surface area contributed by atoms with Gasteiger partial charge in [0, 0.05) is 11.4 Å². The Labute approximate surface area is 209 Å². The number of piperidine rings is 1. The molecule has 34 heavy (non-hydrogen) atoms. The van der Waals surface area contributed by atoms with Gasteiger partial charge in [-0.15, -0.1) is 0 Å². The number of benzene rings is 2. The van der Waals surface area contributed by atoms with Gasteiger partial charge in [0.25, 0.3) is 0 Å². The quantitative estimate of drug-likeness (QED) is 0.228. The molecule has 1 aliphatic rings. The summed E-state index contributed by atoms with van der Waals surface area (Å²) < 4.78 is 0. The van der Waals surface area contributed by atoms with E-state index in [-0.39, 0.29) is 30.1 Å². The Bertz CT molecular complexity index is 1010. The SMILES string of the molecule is CC(C)(C)c1ccc(SC(=O)[C@@H]2CC[C@@H](N(OCc3ccccc3)C(=O)Cl)CN2C(=O)O)cc1. The van der Waals surface area contributed by atoms with Crippen LogP contribution in [0, 0.1) is 0 Å². The number of halogens is 1. The fourth-order valence-corrected chi connectivity index (χ4v) is 4.90. The van der Waals surface area contributed by atoms with Crippen molar-refractivity contribution in [2.75, 3.05) is 6.54 Å². The third kappa shape index (κ3) is 6.74. The zero-order valence-corrected chi connectivity index (χ0v) is 21.0. The second-order valence-electron chi connectivity index (χ2n) is 9.22. The molecule has 9 heteroatoms. The van der Waals surface area contributed by atoms with Gasteiger partial charge in [0.05, 0.1) is 6.04 Å². The fourth-order valence-electron chi connectivity index (χ4n) is 3.82. The van der Waals surface area contributed by atoms with Crippen molar-refractivity contribution in [3.63, 3.8) is 0 Å². The van der Waals surface area contributed by atoms with Gasteiger partial charge >= 0.3 is 11.5 Å². The molecule has 1 fully saturated rings. The van der Waals surface area contributed by atoms with Crippen molar-refractivity contribution < 1.29 is 24.3 Å². The van der Waals surface area contributed by atoms with Crippen LogP contribution in [0.5, 0.6) is 0 Å². The lowest BCUT2D eigenvalue weighted by molar-refractivity contribution is -0.160. The lowest BCUT2D eigenvalue weighted by atomic mass is 9.87. The van der Waals surface area contributed by atoms with Crippen molar-refractivity contribution in [1.82, 2.24) is 9.96 Å². The van der Waals surface area contributed by atoms with Gasteiger partial charge < -0.3 is 5.11 Å². The predicted octanol–water partition coefficient (Wildman–Crippen LogP) is 5.91. The molecule has 2 atom stereocenters. The molecule has 1 N–H and O–H groups in total. The number of nitrogens with zero attached hydrogens (tertiary/aromatic N) is 2. The Morgan fingerprint density at radius 1 is 1.09 bits per heavy atom. The maximum absolute atomic E-state index is 13.0. The van der Waals surface area contributed by atoms with E-state index in [0.29, 0.717) is 6.42 Å². The molecule has 0 aromatic heterocycles. The number of rotatable bonds is 6. The Hall–Kier alpha value is -2.55. The Balaban J connectivity index is 1.66. The van der Waals surface area contributed by atoms with Crippen LogP contribution in [0.1, 0.15) is 44.7 Å². The minimum Gasteiger partial charge on any atom is -0.465 e. The maximum atomic E-state index is 13.0. The van der Waals surface area contributed by atoms with Crippen LogP contribution in [-0.2, 0) is 21.7 Å². The molecule has 2 amide bonds. The fraction of sp³-hybridized carbons (Fsp3) is 0.400. The van der Waals surface area contributed by atoms with E-state index in [0.717, 1.165) is 37.7 Å². The number of carbonyl (C=O) groups excluding carboxylic acids is 2. The van der Waals surface area contributed by atoms with Gasteiger partial charge in [0.2, 0.25) is 5.12 Å². The third-order valence-corrected chi connectivity index (χ3v) is 6.88. The van der Waals surface area contributed by atoms with Crippen LogP contribution >= 0.6 is 23.4 Å². The predicted molar refractivity (Wildman–Crippen MR) is 132 cm³/mol. The standard InChI is InChI=1S/C25H29ClN2O5S/c1-25(2,3)18-9-12-20(13-10-18)34-22(29)21-14-11-19(15-27(21)24(31)32)28(23(26)30)33-16-17-7-5-4-6-8-17/h4-10,12-13,19,21H,11,14-16H2,1-3H3,(H,31,32)/t19-,21+/m1/s1. The van der Waals surface area contributed by atoms with Crippen LogP contribution in [0.25, 0.3) is 0 Å². The summed E-state index contributed by atoms with van der Waals surface area (Å²) in [6.07, 6.45) is -0.577. The zero-order chi connectivity index (χ0) is 24.9. The van der Waals surface area contributed by atoms with E-state index in [9.17, 15) is 19.5 Å². The number of hydrogen-bond donors (Lipinski definition) is 1. The summed E-state index contributed by atoms with van der Waals surface area (Å²) >= 11 is 6.78. The molecule has 1 aliphatic heterocycles. The van der Waals surface area contributed by atoms with E-state index < -0.39 is 23.5 Å². The lowest BCUT2D eigenvalue weighted by Gasteiger charge is -2.40. The third-order valence-electron chi connectivity index (χ3n) is 5.73. The Morgan fingerprint density at radius 2 is 1.74 bits per heavy atom. The van der Waals surface area contributed by atoms with Crippen LogP contribution in [0.4, 0.5) is 9.59 Å². The monoisotopic (exact) mass is 504 g/mol. The summed E-state index contributed by atoms with van der Waals surface area (Å²) in [6, 6.07) is 15.6. The number of likely N-dealkylation sites (tertiary alicyclic amines) is 1. The molecule has 7 nitrogen and oxygen atoms in total. The molecule has 1 saturated heterocycles. The van der Waals surface area contributed by atoms with E-state index in [1.807, 2.05) is 54.6 Å². The molecule has 3 rings (SSSR count). The Kier molecular flexibility index (Phi) is 8.62. The summed E-state index contributed by atoms with van der Waals surface area (Å²) in [5.74, 6) is 0. The average Bonchev–Trinajstić information content (AvgIpc) is 2.79. The van der Waals surface area contributed by atoms with E-state index in [2.05, 4.69) is 20.8 Å². The van der Waals surface area contributed by atoms with Gasteiger partial charge in [-0.1, -0.05) is 63.2 Å². The maximum Gasteiger partial charge on any atom is 0.408 e. The molecule has 182 valence electrons. The number of thioether (sulfide) groups is 1. The molecule has 0 aliphatic carbocycles. The van der Waals surface area contributed by atoms with Crippen molar-refractivity contribution in [2.24, 2.45) is 0 Å². The summed E-state index contributed by atoms with van der Waals surface area (Å²) in [5.41, 5.74) is 2.00. The van der Waals surface area contributed by atoms with Gasteiger partial charge in [-0.3, -0.25) is 19.3 Å². The number of carbonyl (C=O) groups is 3. The topological polar surface area (TPSA) is 87.2 Å². The van der Waals surface area contributed by atoms with E-state index in [4.69, 9.17) is 16.4 Å². The van der Waals surface area contributed by atoms with Gasteiger partial charge in [-0.05, 0) is 64.9 Å². The van der Waals surface area contributed by atoms with Crippen LogP contribution in [0.15, 0.2) is 59.5 Å². The van der Waals surface area contributed by atoms with Crippen molar-refractivity contribution >= 4 is 39.9 Å². The first-order chi connectivity index (χ1) is 16.1. The minimum atomic E-state index is -1.23. The van der Waals surface area contributed by atoms with Crippen molar-refractivity contribution in [2.45, 2.75) is 62.6 Å². The van der Waals surface area contributed by atoms with Crippen LogP contribution in [0.2, 0.25) is 0 Å². The second-order valence-corrected chi connectivity index (χ2v) is 10.6. The normalized spacial score (nSPS) is 18.4. The zero-order valence-electron chi connectivity index (χ0n) is 19.4.